The van der Waals surface area contributed by atoms with Crippen LogP contribution in [0, 0.1) is 5.41 Å². The largest absolute Gasteiger partial charge is 0.377 e. The first-order chi connectivity index (χ1) is 6.12. The van der Waals surface area contributed by atoms with Crippen LogP contribution in [-0.2, 0) is 9.47 Å². The summed E-state index contributed by atoms with van der Waals surface area (Å²) in [5, 5.41) is 0. The predicted octanol–water partition coefficient (Wildman–Crippen LogP) is 2.42. The van der Waals surface area contributed by atoms with Gasteiger partial charge in [0.15, 0.2) is 0 Å². The fourth-order valence-corrected chi connectivity index (χ4v) is 0.879. The van der Waals surface area contributed by atoms with Crippen molar-refractivity contribution in [2.75, 3.05) is 26.4 Å². The van der Waals surface area contributed by atoms with Gasteiger partial charge < -0.3 is 9.47 Å². The third-order valence-corrected chi connectivity index (χ3v) is 1.46. The maximum atomic E-state index is 5.35. The zero-order valence-corrected chi connectivity index (χ0v) is 8.71. The predicted molar refractivity (Wildman–Crippen MR) is 55.8 cm³/mol. The van der Waals surface area contributed by atoms with Gasteiger partial charge in [-0.2, -0.15) is 0 Å². The fourth-order valence-electron chi connectivity index (χ4n) is 0.879. The minimum atomic E-state index is 0.0615. The lowest BCUT2D eigenvalue weighted by atomic mass is 9.96. The number of hydrogen-bond donors (Lipinski definition) is 0. The summed E-state index contributed by atoms with van der Waals surface area (Å²) in [5.74, 6) is 0. The summed E-state index contributed by atoms with van der Waals surface area (Å²) in [6.45, 7) is 14.0. The lowest BCUT2D eigenvalue weighted by Crippen LogP contribution is -2.25. The maximum Gasteiger partial charge on any atom is 0.0645 e. The Labute approximate surface area is 81.2 Å². The number of hydrogen-bond acceptors (Lipinski definition) is 2. The van der Waals surface area contributed by atoms with E-state index in [4.69, 9.17) is 9.47 Å². The van der Waals surface area contributed by atoms with Crippen LogP contribution in [0.3, 0.4) is 0 Å². The molecule has 0 rings (SSSR count). The Kier molecular flexibility index (Phi) is 6.55. The molecule has 0 saturated heterocycles. The van der Waals surface area contributed by atoms with E-state index in [1.165, 1.54) is 0 Å². The van der Waals surface area contributed by atoms with Crippen molar-refractivity contribution in [3.63, 3.8) is 0 Å². The van der Waals surface area contributed by atoms with Crippen molar-refractivity contribution in [1.82, 2.24) is 0 Å². The van der Waals surface area contributed by atoms with Crippen molar-refractivity contribution in [3.8, 4) is 0 Å². The summed E-state index contributed by atoms with van der Waals surface area (Å²) in [6, 6.07) is 0. The quantitative estimate of drug-likeness (QED) is 0.426. The molecular formula is C11H20O2. The molecule has 0 bridgehead atoms. The monoisotopic (exact) mass is 184 g/mol. The van der Waals surface area contributed by atoms with E-state index in [0.29, 0.717) is 26.4 Å². The first-order valence-electron chi connectivity index (χ1n) is 4.49. The SMILES string of the molecule is C=CCOCC(C)(C)COCC=C. The van der Waals surface area contributed by atoms with Crippen molar-refractivity contribution in [1.29, 1.82) is 0 Å². The van der Waals surface area contributed by atoms with Crippen LogP contribution in [0.4, 0.5) is 0 Å². The highest BCUT2D eigenvalue weighted by atomic mass is 16.5. The van der Waals surface area contributed by atoms with Gasteiger partial charge >= 0.3 is 0 Å². The lowest BCUT2D eigenvalue weighted by Gasteiger charge is -2.23. The smallest absolute Gasteiger partial charge is 0.0645 e. The van der Waals surface area contributed by atoms with Gasteiger partial charge in [-0.1, -0.05) is 26.0 Å². The van der Waals surface area contributed by atoms with Gasteiger partial charge in [0, 0.05) is 5.41 Å². The first-order valence-corrected chi connectivity index (χ1v) is 4.49. The molecule has 0 fully saturated rings. The highest BCUT2D eigenvalue weighted by Gasteiger charge is 2.17. The van der Waals surface area contributed by atoms with E-state index in [2.05, 4.69) is 27.0 Å². The maximum absolute atomic E-state index is 5.35. The van der Waals surface area contributed by atoms with Gasteiger partial charge in [-0.3, -0.25) is 0 Å². The molecule has 0 aliphatic heterocycles. The van der Waals surface area contributed by atoms with Crippen LogP contribution in [0.15, 0.2) is 25.3 Å². The Balaban J connectivity index is 3.52. The van der Waals surface area contributed by atoms with Crippen LogP contribution in [0.5, 0.6) is 0 Å². The number of rotatable bonds is 8. The van der Waals surface area contributed by atoms with E-state index in [1.54, 1.807) is 12.2 Å². The minimum Gasteiger partial charge on any atom is -0.377 e. The van der Waals surface area contributed by atoms with Crippen LogP contribution >= 0.6 is 0 Å². The number of ether oxygens (including phenoxy) is 2. The van der Waals surface area contributed by atoms with Gasteiger partial charge in [0.1, 0.15) is 0 Å². The topological polar surface area (TPSA) is 18.5 Å². The molecule has 13 heavy (non-hydrogen) atoms. The third-order valence-electron chi connectivity index (χ3n) is 1.46. The van der Waals surface area contributed by atoms with E-state index in [0.717, 1.165) is 0 Å². The third kappa shape index (κ3) is 7.75. The average Bonchev–Trinajstić information content (AvgIpc) is 2.05. The summed E-state index contributed by atoms with van der Waals surface area (Å²) < 4.78 is 10.7. The normalized spacial score (nSPS) is 11.2. The van der Waals surface area contributed by atoms with Crippen LogP contribution in [-0.4, -0.2) is 26.4 Å². The molecule has 2 nitrogen and oxygen atoms in total. The Bertz CT molecular complexity index is 134. The lowest BCUT2D eigenvalue weighted by molar-refractivity contribution is 0.0125. The Morgan fingerprint density at radius 2 is 1.38 bits per heavy atom. The highest BCUT2D eigenvalue weighted by molar-refractivity contribution is 4.71. The van der Waals surface area contributed by atoms with Crippen molar-refractivity contribution < 1.29 is 9.47 Å². The van der Waals surface area contributed by atoms with Crippen molar-refractivity contribution in [2.45, 2.75) is 13.8 Å². The van der Waals surface area contributed by atoms with Crippen molar-refractivity contribution in [2.24, 2.45) is 5.41 Å². The molecule has 0 radical (unpaired) electrons. The van der Waals surface area contributed by atoms with Crippen LogP contribution in [0.2, 0.25) is 0 Å². The van der Waals surface area contributed by atoms with E-state index >= 15 is 0 Å². The van der Waals surface area contributed by atoms with Crippen LogP contribution in [0.25, 0.3) is 0 Å². The van der Waals surface area contributed by atoms with Gasteiger partial charge in [-0.15, -0.1) is 13.2 Å². The zero-order chi connectivity index (χ0) is 10.2. The second-order valence-electron chi connectivity index (χ2n) is 3.77. The fraction of sp³-hybridized carbons (Fsp3) is 0.636. The summed E-state index contributed by atoms with van der Waals surface area (Å²) >= 11 is 0. The van der Waals surface area contributed by atoms with E-state index in [9.17, 15) is 0 Å². The van der Waals surface area contributed by atoms with Gasteiger partial charge in [-0.05, 0) is 0 Å². The van der Waals surface area contributed by atoms with Gasteiger partial charge in [-0.25, -0.2) is 0 Å². The molecule has 0 amide bonds. The summed E-state index contributed by atoms with van der Waals surface area (Å²) in [6.07, 6.45) is 3.50. The van der Waals surface area contributed by atoms with E-state index in [1.807, 2.05) is 0 Å². The minimum absolute atomic E-state index is 0.0615. The molecule has 0 N–H and O–H groups in total. The van der Waals surface area contributed by atoms with Crippen molar-refractivity contribution >= 4 is 0 Å². The Morgan fingerprint density at radius 1 is 1.00 bits per heavy atom. The van der Waals surface area contributed by atoms with Gasteiger partial charge in [0.2, 0.25) is 0 Å². The molecule has 2 heteroatoms. The second-order valence-corrected chi connectivity index (χ2v) is 3.77. The van der Waals surface area contributed by atoms with Crippen molar-refractivity contribution in [3.05, 3.63) is 25.3 Å². The highest BCUT2D eigenvalue weighted by Crippen LogP contribution is 2.15. The van der Waals surface area contributed by atoms with Crippen LogP contribution < -0.4 is 0 Å². The first kappa shape index (κ1) is 12.4. The standard InChI is InChI=1S/C11H20O2/c1-5-7-12-9-11(3,4)10-13-8-6-2/h5-6H,1-2,7-10H2,3-4H3. The molecule has 0 spiro atoms. The Hall–Kier alpha value is -0.600. The average molecular weight is 184 g/mol. The summed E-state index contributed by atoms with van der Waals surface area (Å²) in [7, 11) is 0. The zero-order valence-electron chi connectivity index (χ0n) is 8.71. The van der Waals surface area contributed by atoms with Gasteiger partial charge in [0.05, 0.1) is 26.4 Å². The van der Waals surface area contributed by atoms with Crippen LogP contribution in [0.1, 0.15) is 13.8 Å². The molecule has 0 aromatic heterocycles. The second kappa shape index (κ2) is 6.87. The van der Waals surface area contributed by atoms with E-state index < -0.39 is 0 Å². The molecule has 0 atom stereocenters. The molecule has 0 aliphatic carbocycles. The molecule has 0 aromatic rings. The molecule has 0 unspecified atom stereocenters. The van der Waals surface area contributed by atoms with Gasteiger partial charge in [0.25, 0.3) is 0 Å². The molecule has 0 heterocycles. The molecule has 0 aliphatic rings. The summed E-state index contributed by atoms with van der Waals surface area (Å²) in [5.41, 5.74) is 0.0615. The molecule has 0 saturated carbocycles. The molecule has 76 valence electrons. The molecule has 0 aromatic carbocycles. The molecular weight excluding hydrogens is 164 g/mol. The Morgan fingerprint density at radius 3 is 1.69 bits per heavy atom. The van der Waals surface area contributed by atoms with E-state index in [-0.39, 0.29) is 5.41 Å². The summed E-state index contributed by atoms with van der Waals surface area (Å²) in [4.78, 5) is 0.